The molecule has 1 aliphatic heterocycles. The normalized spacial score (nSPS) is 18.5. The van der Waals surface area contributed by atoms with Crippen molar-refractivity contribution in [3.05, 3.63) is 59.1 Å². The molecule has 2 unspecified atom stereocenters. The number of likely N-dealkylation sites (tertiary alicyclic amines) is 1. The third-order valence-corrected chi connectivity index (χ3v) is 5.82. The molecule has 1 fully saturated rings. The van der Waals surface area contributed by atoms with Crippen LogP contribution in [0.25, 0.3) is 11.1 Å². The average Bonchev–Trinajstić information content (AvgIpc) is 2.68. The minimum Gasteiger partial charge on any atom is -0.388 e. The first kappa shape index (κ1) is 19.4. The summed E-state index contributed by atoms with van der Waals surface area (Å²) in [5.74, 6) is 0. The van der Waals surface area contributed by atoms with Gasteiger partial charge in [0.25, 0.3) is 0 Å². The lowest BCUT2D eigenvalue weighted by Crippen LogP contribution is -2.53. The Morgan fingerprint density at radius 2 is 1.54 bits per heavy atom. The smallest absolute Gasteiger partial charge is 0.134 e. The molecule has 0 amide bonds. The molecule has 0 spiro atoms. The van der Waals surface area contributed by atoms with Crippen molar-refractivity contribution in [2.24, 2.45) is 0 Å². The van der Waals surface area contributed by atoms with E-state index in [-0.39, 0.29) is 0 Å². The van der Waals surface area contributed by atoms with Gasteiger partial charge in [0, 0.05) is 23.5 Å². The highest BCUT2D eigenvalue weighted by Gasteiger charge is 2.39. The predicted octanol–water partition coefficient (Wildman–Crippen LogP) is 4.45. The van der Waals surface area contributed by atoms with E-state index < -0.39 is 17.7 Å². The van der Waals surface area contributed by atoms with Gasteiger partial charge in [-0.2, -0.15) is 0 Å². The molecule has 0 aromatic heterocycles. The highest BCUT2D eigenvalue weighted by molar-refractivity contribution is 6.30. The fourth-order valence-electron chi connectivity index (χ4n) is 3.84. The van der Waals surface area contributed by atoms with Crippen LogP contribution in [0.15, 0.2) is 48.5 Å². The Labute approximate surface area is 161 Å². The molecular formula is C22H28ClNO2. The maximum absolute atomic E-state index is 11.1. The van der Waals surface area contributed by atoms with Crippen molar-refractivity contribution in [2.45, 2.75) is 50.9 Å². The Balaban J connectivity index is 1.92. The summed E-state index contributed by atoms with van der Waals surface area (Å²) < 4.78 is 0. The molecule has 0 radical (unpaired) electrons. The number of benzene rings is 2. The number of nitrogens with zero attached hydrogens (tertiary/aromatic N) is 1. The summed E-state index contributed by atoms with van der Waals surface area (Å²) >= 11 is 6.03. The molecule has 26 heavy (non-hydrogen) atoms. The molecule has 4 heteroatoms. The highest BCUT2D eigenvalue weighted by Crippen LogP contribution is 2.37. The minimum atomic E-state index is -0.881. The van der Waals surface area contributed by atoms with Crippen LogP contribution in [0.5, 0.6) is 0 Å². The van der Waals surface area contributed by atoms with E-state index >= 15 is 0 Å². The van der Waals surface area contributed by atoms with Crippen LogP contribution in [0.1, 0.15) is 38.7 Å². The van der Waals surface area contributed by atoms with E-state index in [1.807, 2.05) is 61.2 Å². The minimum absolute atomic E-state index is 0.604. The first-order valence-corrected chi connectivity index (χ1v) is 9.74. The fraction of sp³-hybridized carbons (Fsp3) is 0.455. The molecule has 0 aliphatic carbocycles. The Hall–Kier alpha value is -1.39. The second kappa shape index (κ2) is 8.10. The number of hydrogen-bond donors (Lipinski definition) is 2. The van der Waals surface area contributed by atoms with Crippen LogP contribution in [-0.2, 0) is 5.41 Å². The standard InChI is InChI=1S/C22H28ClNO2/c1-22(2,20(25)21(26)24-14-6-3-7-15-24)19-9-5-4-8-18(19)16-10-12-17(23)13-11-16/h4-5,8-13,20-21,25-26H,3,6-7,14-15H2,1-2H3. The zero-order valence-corrected chi connectivity index (χ0v) is 16.3. The van der Waals surface area contributed by atoms with Gasteiger partial charge in [0.1, 0.15) is 12.3 Å². The molecule has 0 bridgehead atoms. The first-order valence-electron chi connectivity index (χ1n) is 9.37. The predicted molar refractivity (Wildman–Crippen MR) is 107 cm³/mol. The fourth-order valence-corrected chi connectivity index (χ4v) is 3.97. The third kappa shape index (κ3) is 3.96. The van der Waals surface area contributed by atoms with Gasteiger partial charge in [-0.3, -0.25) is 4.90 Å². The number of halogens is 1. The van der Waals surface area contributed by atoms with E-state index in [1.165, 1.54) is 6.42 Å². The van der Waals surface area contributed by atoms with Gasteiger partial charge >= 0.3 is 0 Å². The number of hydrogen-bond acceptors (Lipinski definition) is 3. The maximum atomic E-state index is 11.1. The number of aliphatic hydroxyl groups is 2. The quantitative estimate of drug-likeness (QED) is 0.813. The van der Waals surface area contributed by atoms with E-state index in [1.54, 1.807) is 0 Å². The number of rotatable bonds is 5. The summed E-state index contributed by atoms with van der Waals surface area (Å²) in [5.41, 5.74) is 2.52. The monoisotopic (exact) mass is 373 g/mol. The Morgan fingerprint density at radius 3 is 2.19 bits per heavy atom. The summed E-state index contributed by atoms with van der Waals surface area (Å²) in [4.78, 5) is 2.00. The molecule has 1 saturated heterocycles. The van der Waals surface area contributed by atoms with Crippen LogP contribution in [0.4, 0.5) is 0 Å². The summed E-state index contributed by atoms with van der Waals surface area (Å²) in [7, 11) is 0. The highest BCUT2D eigenvalue weighted by atomic mass is 35.5. The second-order valence-electron chi connectivity index (χ2n) is 7.73. The van der Waals surface area contributed by atoms with Gasteiger partial charge in [-0.1, -0.05) is 68.3 Å². The van der Waals surface area contributed by atoms with E-state index in [2.05, 4.69) is 6.07 Å². The van der Waals surface area contributed by atoms with Crippen molar-refractivity contribution in [1.29, 1.82) is 0 Å². The summed E-state index contributed by atoms with van der Waals surface area (Å²) in [5, 5.41) is 22.5. The lowest BCUT2D eigenvalue weighted by Gasteiger charge is -2.41. The number of aliphatic hydroxyl groups excluding tert-OH is 2. The average molecular weight is 374 g/mol. The Kier molecular flexibility index (Phi) is 6.03. The summed E-state index contributed by atoms with van der Waals surface area (Å²) in [6.45, 7) is 5.68. The van der Waals surface area contributed by atoms with Crippen LogP contribution in [0.2, 0.25) is 5.02 Å². The molecule has 2 aromatic carbocycles. The lowest BCUT2D eigenvalue weighted by atomic mass is 9.75. The molecule has 2 aromatic rings. The number of piperidine rings is 1. The topological polar surface area (TPSA) is 43.7 Å². The lowest BCUT2D eigenvalue weighted by molar-refractivity contribution is -0.113. The first-order chi connectivity index (χ1) is 12.4. The van der Waals surface area contributed by atoms with Crippen molar-refractivity contribution >= 4 is 11.6 Å². The van der Waals surface area contributed by atoms with Gasteiger partial charge in [0.2, 0.25) is 0 Å². The van der Waals surface area contributed by atoms with E-state index in [0.29, 0.717) is 5.02 Å². The van der Waals surface area contributed by atoms with Gasteiger partial charge in [-0.05, 0) is 41.7 Å². The van der Waals surface area contributed by atoms with Crippen molar-refractivity contribution in [3.63, 3.8) is 0 Å². The van der Waals surface area contributed by atoms with Crippen LogP contribution in [-0.4, -0.2) is 40.5 Å². The zero-order valence-electron chi connectivity index (χ0n) is 15.5. The van der Waals surface area contributed by atoms with Crippen molar-refractivity contribution in [2.75, 3.05) is 13.1 Å². The van der Waals surface area contributed by atoms with Crippen molar-refractivity contribution < 1.29 is 10.2 Å². The summed E-state index contributed by atoms with van der Waals surface area (Å²) in [6, 6.07) is 15.8. The molecule has 0 saturated carbocycles. The van der Waals surface area contributed by atoms with Crippen LogP contribution in [0.3, 0.4) is 0 Å². The van der Waals surface area contributed by atoms with E-state index in [4.69, 9.17) is 11.6 Å². The molecule has 1 heterocycles. The molecule has 1 aliphatic rings. The van der Waals surface area contributed by atoms with Gasteiger partial charge in [0.15, 0.2) is 0 Å². The third-order valence-electron chi connectivity index (χ3n) is 5.56. The van der Waals surface area contributed by atoms with Gasteiger partial charge < -0.3 is 10.2 Å². The summed E-state index contributed by atoms with van der Waals surface area (Å²) in [6.07, 6.45) is 1.61. The zero-order chi connectivity index (χ0) is 18.7. The van der Waals surface area contributed by atoms with Crippen molar-refractivity contribution in [1.82, 2.24) is 4.90 Å². The van der Waals surface area contributed by atoms with Gasteiger partial charge in [-0.25, -0.2) is 0 Å². The molecule has 3 rings (SSSR count). The molecule has 3 nitrogen and oxygen atoms in total. The SMILES string of the molecule is CC(C)(c1ccccc1-c1ccc(Cl)cc1)C(O)C(O)N1CCCCC1. The molecule has 2 atom stereocenters. The Morgan fingerprint density at radius 1 is 0.923 bits per heavy atom. The second-order valence-corrected chi connectivity index (χ2v) is 8.17. The molecular weight excluding hydrogens is 346 g/mol. The van der Waals surface area contributed by atoms with Crippen LogP contribution in [0, 0.1) is 0 Å². The maximum Gasteiger partial charge on any atom is 0.134 e. The largest absolute Gasteiger partial charge is 0.388 e. The molecule has 2 N–H and O–H groups in total. The van der Waals surface area contributed by atoms with Crippen LogP contribution >= 0.6 is 11.6 Å². The van der Waals surface area contributed by atoms with E-state index in [0.717, 1.165) is 42.6 Å². The van der Waals surface area contributed by atoms with Gasteiger partial charge in [0.05, 0.1) is 0 Å². The van der Waals surface area contributed by atoms with Crippen LogP contribution < -0.4 is 0 Å². The van der Waals surface area contributed by atoms with Gasteiger partial charge in [-0.15, -0.1) is 0 Å². The van der Waals surface area contributed by atoms with E-state index in [9.17, 15) is 10.2 Å². The molecule has 140 valence electrons. The Bertz CT molecular complexity index is 723. The van der Waals surface area contributed by atoms with Crippen molar-refractivity contribution in [3.8, 4) is 11.1 Å².